The number of ether oxygens (including phenoxy) is 1. The Labute approximate surface area is 171 Å². The number of methoxy groups -OCH3 is 1. The molecule has 6 nitrogen and oxygen atoms in total. The number of sulfonamides is 1. The molecule has 0 bridgehead atoms. The van der Waals surface area contributed by atoms with Crippen LogP contribution in [0.15, 0.2) is 48.5 Å². The summed E-state index contributed by atoms with van der Waals surface area (Å²) in [6, 6.07) is 13.4. The van der Waals surface area contributed by atoms with Crippen molar-refractivity contribution in [2.45, 2.75) is 25.8 Å². The second kappa shape index (κ2) is 9.30. The summed E-state index contributed by atoms with van der Waals surface area (Å²) in [5.74, 6) is 0.132. The molecule has 2 rings (SSSR count). The predicted octanol–water partition coefficient (Wildman–Crippen LogP) is 3.42. The fourth-order valence-corrected chi connectivity index (χ4v) is 4.32. The number of benzene rings is 2. The predicted molar refractivity (Wildman–Crippen MR) is 113 cm³/mol. The van der Waals surface area contributed by atoms with Crippen LogP contribution in [-0.4, -0.2) is 40.3 Å². The van der Waals surface area contributed by atoms with Crippen LogP contribution in [0.2, 0.25) is 5.02 Å². The van der Waals surface area contributed by atoms with Gasteiger partial charge in [0.1, 0.15) is 11.8 Å². The zero-order valence-electron chi connectivity index (χ0n) is 16.3. The highest BCUT2D eigenvalue weighted by Gasteiger charge is 2.29. The maximum Gasteiger partial charge on any atom is 0.243 e. The van der Waals surface area contributed by atoms with Gasteiger partial charge in [0.15, 0.2) is 0 Å². The van der Waals surface area contributed by atoms with Crippen molar-refractivity contribution in [2.24, 2.45) is 0 Å². The van der Waals surface area contributed by atoms with Crippen LogP contribution in [0.1, 0.15) is 25.3 Å². The van der Waals surface area contributed by atoms with Crippen LogP contribution in [0, 0.1) is 0 Å². The SMILES string of the molecule is COc1ccc(N([C@@H](C)C(=O)NC[C@@H](C)c2ccccc2)S(C)(=O)=O)cc1Cl. The van der Waals surface area contributed by atoms with E-state index in [-0.39, 0.29) is 16.8 Å². The molecular weight excluding hydrogens is 400 g/mol. The van der Waals surface area contributed by atoms with Gasteiger partial charge in [-0.3, -0.25) is 9.10 Å². The number of nitrogens with one attached hydrogen (secondary N) is 1. The standard InChI is InChI=1S/C20H25ClN2O4S/c1-14(16-8-6-5-7-9-16)13-22-20(24)15(2)23(28(4,25)26)17-10-11-19(27-3)18(21)12-17/h5-12,14-15H,13H2,1-4H3,(H,22,24)/t14-,15+/m1/s1. The molecule has 0 saturated heterocycles. The number of hydrogen-bond donors (Lipinski definition) is 1. The van der Waals surface area contributed by atoms with Gasteiger partial charge in [-0.15, -0.1) is 0 Å². The van der Waals surface area contributed by atoms with Crippen molar-refractivity contribution in [1.29, 1.82) is 0 Å². The number of amides is 1. The first-order valence-corrected chi connectivity index (χ1v) is 11.0. The molecule has 0 spiro atoms. The van der Waals surface area contributed by atoms with E-state index in [9.17, 15) is 13.2 Å². The number of carbonyl (C=O) groups excluding carboxylic acids is 1. The minimum absolute atomic E-state index is 0.0967. The first-order valence-electron chi connectivity index (χ1n) is 8.80. The maximum absolute atomic E-state index is 12.7. The van der Waals surface area contributed by atoms with E-state index in [4.69, 9.17) is 16.3 Å². The van der Waals surface area contributed by atoms with Crippen LogP contribution in [0.4, 0.5) is 5.69 Å². The van der Waals surface area contributed by atoms with Gasteiger partial charge in [-0.1, -0.05) is 48.9 Å². The number of rotatable bonds is 8. The topological polar surface area (TPSA) is 75.7 Å². The summed E-state index contributed by atoms with van der Waals surface area (Å²) in [4.78, 5) is 12.7. The molecule has 8 heteroatoms. The van der Waals surface area contributed by atoms with E-state index in [1.54, 1.807) is 19.1 Å². The smallest absolute Gasteiger partial charge is 0.243 e. The van der Waals surface area contributed by atoms with Crippen molar-refractivity contribution in [3.8, 4) is 5.75 Å². The number of nitrogens with zero attached hydrogens (tertiary/aromatic N) is 1. The lowest BCUT2D eigenvalue weighted by Gasteiger charge is -2.29. The summed E-state index contributed by atoms with van der Waals surface area (Å²) in [5, 5.41) is 3.10. The Balaban J connectivity index is 2.17. The Hall–Kier alpha value is -2.25. The van der Waals surface area contributed by atoms with E-state index in [1.165, 1.54) is 13.2 Å². The first-order chi connectivity index (χ1) is 13.1. The van der Waals surface area contributed by atoms with Crippen LogP contribution in [0.3, 0.4) is 0 Å². The average Bonchev–Trinajstić information content (AvgIpc) is 2.65. The quantitative estimate of drug-likeness (QED) is 0.704. The van der Waals surface area contributed by atoms with E-state index < -0.39 is 16.1 Å². The third kappa shape index (κ3) is 5.39. The lowest BCUT2D eigenvalue weighted by atomic mass is 10.0. The Bertz CT molecular complexity index is 919. The highest BCUT2D eigenvalue weighted by Crippen LogP contribution is 2.31. The van der Waals surface area contributed by atoms with Crippen molar-refractivity contribution in [1.82, 2.24) is 5.32 Å². The van der Waals surface area contributed by atoms with Gasteiger partial charge in [0.2, 0.25) is 15.9 Å². The van der Waals surface area contributed by atoms with E-state index in [0.717, 1.165) is 16.1 Å². The maximum atomic E-state index is 12.7. The zero-order chi connectivity index (χ0) is 20.9. The molecule has 0 aromatic heterocycles. The molecule has 28 heavy (non-hydrogen) atoms. The van der Waals surface area contributed by atoms with Crippen LogP contribution in [0.25, 0.3) is 0 Å². The number of hydrogen-bond acceptors (Lipinski definition) is 4. The van der Waals surface area contributed by atoms with Crippen LogP contribution in [-0.2, 0) is 14.8 Å². The third-order valence-corrected chi connectivity index (χ3v) is 5.97. The number of carbonyl (C=O) groups is 1. The van der Waals surface area contributed by atoms with E-state index in [2.05, 4.69) is 5.32 Å². The van der Waals surface area contributed by atoms with Gasteiger partial charge >= 0.3 is 0 Å². The molecule has 0 radical (unpaired) electrons. The monoisotopic (exact) mass is 424 g/mol. The second-order valence-corrected chi connectivity index (χ2v) is 8.88. The normalized spacial score (nSPS) is 13.5. The van der Waals surface area contributed by atoms with Gasteiger partial charge in [-0.05, 0) is 36.6 Å². The Morgan fingerprint density at radius 3 is 2.36 bits per heavy atom. The molecule has 0 aliphatic heterocycles. The molecule has 2 aromatic rings. The summed E-state index contributed by atoms with van der Waals surface area (Å²) in [6.07, 6.45) is 1.06. The van der Waals surface area contributed by atoms with Crippen molar-refractivity contribution < 1.29 is 17.9 Å². The Morgan fingerprint density at radius 1 is 1.18 bits per heavy atom. The molecule has 0 heterocycles. The average molecular weight is 425 g/mol. The molecule has 2 atom stereocenters. The van der Waals surface area contributed by atoms with E-state index in [1.807, 2.05) is 37.3 Å². The fraction of sp³-hybridized carbons (Fsp3) is 0.350. The first kappa shape index (κ1) is 22.0. The van der Waals surface area contributed by atoms with Crippen molar-refractivity contribution >= 4 is 33.2 Å². The van der Waals surface area contributed by atoms with Crippen LogP contribution in [0.5, 0.6) is 5.75 Å². The van der Waals surface area contributed by atoms with Crippen molar-refractivity contribution in [3.05, 3.63) is 59.1 Å². The second-order valence-electron chi connectivity index (χ2n) is 6.61. The molecule has 0 fully saturated rings. The van der Waals surface area contributed by atoms with Gasteiger partial charge in [0.05, 0.1) is 24.1 Å². The third-order valence-electron chi connectivity index (χ3n) is 4.43. The lowest BCUT2D eigenvalue weighted by molar-refractivity contribution is -0.121. The molecular formula is C20H25ClN2O4S. The Morgan fingerprint density at radius 2 is 1.82 bits per heavy atom. The molecule has 1 N–H and O–H groups in total. The summed E-state index contributed by atoms with van der Waals surface area (Å²) in [5.41, 5.74) is 1.39. The minimum Gasteiger partial charge on any atom is -0.495 e. The lowest BCUT2D eigenvalue weighted by Crippen LogP contribution is -2.48. The summed E-state index contributed by atoms with van der Waals surface area (Å²) in [6.45, 7) is 3.94. The van der Waals surface area contributed by atoms with Crippen molar-refractivity contribution in [3.63, 3.8) is 0 Å². The highest BCUT2D eigenvalue weighted by atomic mass is 35.5. The van der Waals surface area contributed by atoms with Crippen LogP contribution < -0.4 is 14.4 Å². The van der Waals surface area contributed by atoms with E-state index >= 15 is 0 Å². The number of halogens is 1. The Kier molecular flexibility index (Phi) is 7.32. The van der Waals surface area contributed by atoms with Gasteiger partial charge in [-0.2, -0.15) is 0 Å². The molecule has 0 aliphatic rings. The fourth-order valence-electron chi connectivity index (χ4n) is 2.90. The van der Waals surface area contributed by atoms with Gasteiger partial charge < -0.3 is 10.1 Å². The molecule has 2 aromatic carbocycles. The zero-order valence-corrected chi connectivity index (χ0v) is 17.9. The molecule has 152 valence electrons. The van der Waals surface area contributed by atoms with Crippen LogP contribution >= 0.6 is 11.6 Å². The largest absolute Gasteiger partial charge is 0.495 e. The van der Waals surface area contributed by atoms with Gasteiger partial charge in [-0.25, -0.2) is 8.42 Å². The van der Waals surface area contributed by atoms with E-state index in [0.29, 0.717) is 18.0 Å². The molecule has 1 amide bonds. The molecule has 0 unspecified atom stereocenters. The van der Waals surface area contributed by atoms with Gasteiger partial charge in [0, 0.05) is 6.54 Å². The summed E-state index contributed by atoms with van der Waals surface area (Å²) < 4.78 is 30.9. The highest BCUT2D eigenvalue weighted by molar-refractivity contribution is 7.92. The van der Waals surface area contributed by atoms with Crippen molar-refractivity contribution in [2.75, 3.05) is 24.2 Å². The molecule has 0 aliphatic carbocycles. The summed E-state index contributed by atoms with van der Waals surface area (Å²) >= 11 is 6.13. The van der Waals surface area contributed by atoms with Gasteiger partial charge in [0.25, 0.3) is 0 Å². The summed E-state index contributed by atoms with van der Waals surface area (Å²) in [7, 11) is -2.24. The molecule has 0 saturated carbocycles. The number of anilines is 1. The minimum atomic E-state index is -3.72.